The summed E-state index contributed by atoms with van der Waals surface area (Å²) < 4.78 is 5.48. The molecule has 1 amide bonds. The van der Waals surface area contributed by atoms with Crippen LogP contribution in [0.4, 0.5) is 0 Å². The maximum atomic E-state index is 12.5. The Morgan fingerprint density at radius 2 is 2.17 bits per heavy atom. The quantitative estimate of drug-likeness (QED) is 0.704. The van der Waals surface area contributed by atoms with E-state index in [0.717, 1.165) is 22.6 Å². The van der Waals surface area contributed by atoms with Gasteiger partial charge in [0, 0.05) is 6.04 Å². The largest absolute Gasteiger partial charge is 0.328 e. The first-order valence-corrected chi connectivity index (χ1v) is 8.73. The van der Waals surface area contributed by atoms with Gasteiger partial charge in [-0.25, -0.2) is 4.68 Å². The number of amides is 1. The van der Waals surface area contributed by atoms with Crippen molar-refractivity contribution in [3.05, 3.63) is 39.3 Å². The van der Waals surface area contributed by atoms with E-state index in [-0.39, 0.29) is 21.1 Å². The lowest BCUT2D eigenvalue weighted by atomic mass is 10.1. The Labute approximate surface area is 151 Å². The van der Waals surface area contributed by atoms with Gasteiger partial charge in [-0.2, -0.15) is 4.37 Å². The second-order valence-corrected chi connectivity index (χ2v) is 6.64. The number of nitrogens with two attached hydrogens (primary N) is 1. The van der Waals surface area contributed by atoms with Gasteiger partial charge in [0.05, 0.1) is 5.52 Å². The predicted molar refractivity (Wildman–Crippen MR) is 94.4 cm³/mol. The molecule has 3 aromatic rings. The molecular weight excluding hydrogens is 371 g/mol. The van der Waals surface area contributed by atoms with Crippen LogP contribution in [0, 0.1) is 0 Å². The van der Waals surface area contributed by atoms with E-state index in [2.05, 4.69) is 20.0 Å². The van der Waals surface area contributed by atoms with Crippen LogP contribution in [0.5, 0.6) is 0 Å². The number of carbonyl (C=O) groups is 1. The fraction of sp³-hybridized carbons (Fsp3) is 0.286. The Bertz CT molecular complexity index is 879. The van der Waals surface area contributed by atoms with E-state index in [1.165, 1.54) is 0 Å². The van der Waals surface area contributed by atoms with Crippen LogP contribution < -0.4 is 11.1 Å². The highest BCUT2D eigenvalue weighted by Crippen LogP contribution is 2.29. The molecule has 24 heavy (non-hydrogen) atoms. The topological polar surface area (TPSA) is 98.7 Å². The third-order valence-electron chi connectivity index (χ3n) is 3.60. The second kappa shape index (κ2) is 7.02. The Hall–Kier alpha value is -1.74. The van der Waals surface area contributed by atoms with E-state index in [0.29, 0.717) is 6.42 Å². The van der Waals surface area contributed by atoms with Crippen molar-refractivity contribution in [2.45, 2.75) is 25.6 Å². The van der Waals surface area contributed by atoms with Crippen LogP contribution in [0.1, 0.15) is 29.2 Å². The average molecular weight is 385 g/mol. The van der Waals surface area contributed by atoms with Crippen molar-refractivity contribution in [1.29, 1.82) is 0 Å². The monoisotopic (exact) mass is 384 g/mol. The van der Waals surface area contributed by atoms with Gasteiger partial charge in [0.1, 0.15) is 21.6 Å². The summed E-state index contributed by atoms with van der Waals surface area (Å²) in [5, 5.41) is 11.3. The molecule has 0 aliphatic rings. The van der Waals surface area contributed by atoms with Crippen LogP contribution in [0.2, 0.25) is 10.2 Å². The Kier molecular flexibility index (Phi) is 5.00. The molecule has 2 unspecified atom stereocenters. The zero-order valence-corrected chi connectivity index (χ0v) is 14.9. The van der Waals surface area contributed by atoms with Crippen molar-refractivity contribution in [2.75, 3.05) is 0 Å². The molecule has 0 aliphatic carbocycles. The summed E-state index contributed by atoms with van der Waals surface area (Å²) in [6, 6.07) is 7.09. The molecule has 0 saturated carbocycles. The summed E-state index contributed by atoms with van der Waals surface area (Å²) in [5.74, 6) is -0.405. The van der Waals surface area contributed by atoms with Gasteiger partial charge in [0.2, 0.25) is 0 Å². The number of fused-ring (bicyclic) bond motifs is 1. The van der Waals surface area contributed by atoms with Crippen molar-refractivity contribution < 1.29 is 4.79 Å². The average Bonchev–Trinajstić information content (AvgIpc) is 3.16. The normalized spacial score (nSPS) is 13.8. The highest BCUT2D eigenvalue weighted by atomic mass is 35.5. The number of nitrogens with one attached hydrogen (secondary N) is 1. The summed E-state index contributed by atoms with van der Waals surface area (Å²) >= 11 is 12.8. The van der Waals surface area contributed by atoms with Gasteiger partial charge in [-0.1, -0.05) is 47.5 Å². The standard InChI is InChI=1S/C14H14Cl2N6OS/c1-2-7(17)13(18-14(23)11-10(15)12(16)20-24-11)22-9-6-4-3-5-8(9)19-21-22/h3-7,13H,2,17H2,1H3,(H,18,23). The second-order valence-electron chi connectivity index (χ2n) is 5.13. The lowest BCUT2D eigenvalue weighted by molar-refractivity contribution is 0.0909. The Morgan fingerprint density at radius 3 is 2.83 bits per heavy atom. The molecule has 2 atom stereocenters. The predicted octanol–water partition coefficient (Wildman–Crippen LogP) is 2.86. The summed E-state index contributed by atoms with van der Waals surface area (Å²) in [6.45, 7) is 1.93. The number of hydrogen-bond acceptors (Lipinski definition) is 6. The molecule has 126 valence electrons. The van der Waals surface area contributed by atoms with Crippen molar-refractivity contribution in [3.63, 3.8) is 0 Å². The van der Waals surface area contributed by atoms with Crippen molar-refractivity contribution in [3.8, 4) is 0 Å². The minimum Gasteiger partial charge on any atom is -0.328 e. The van der Waals surface area contributed by atoms with Crippen molar-refractivity contribution in [2.24, 2.45) is 5.73 Å². The van der Waals surface area contributed by atoms with E-state index in [4.69, 9.17) is 28.9 Å². The number of halogens is 2. The molecule has 0 aliphatic heterocycles. The van der Waals surface area contributed by atoms with Crippen LogP contribution in [0.15, 0.2) is 24.3 Å². The molecule has 0 saturated heterocycles. The number of para-hydroxylation sites is 1. The third-order valence-corrected chi connectivity index (χ3v) is 5.40. The first-order chi connectivity index (χ1) is 11.5. The summed E-state index contributed by atoms with van der Waals surface area (Å²) in [5.41, 5.74) is 7.69. The lowest BCUT2D eigenvalue weighted by Crippen LogP contribution is -2.44. The zero-order valence-electron chi connectivity index (χ0n) is 12.6. The van der Waals surface area contributed by atoms with Gasteiger partial charge in [-0.3, -0.25) is 4.79 Å². The van der Waals surface area contributed by atoms with Gasteiger partial charge in [-0.15, -0.1) is 5.10 Å². The van der Waals surface area contributed by atoms with Gasteiger partial charge < -0.3 is 11.1 Å². The highest BCUT2D eigenvalue weighted by Gasteiger charge is 2.26. The molecule has 0 radical (unpaired) electrons. The highest BCUT2D eigenvalue weighted by molar-refractivity contribution is 7.09. The summed E-state index contributed by atoms with van der Waals surface area (Å²) in [6.07, 6.45) is 0.0582. The molecule has 2 aromatic heterocycles. The Morgan fingerprint density at radius 1 is 1.42 bits per heavy atom. The number of benzene rings is 1. The van der Waals surface area contributed by atoms with E-state index >= 15 is 0 Å². The smallest absolute Gasteiger partial charge is 0.266 e. The molecule has 0 fully saturated rings. The molecule has 10 heteroatoms. The Balaban J connectivity index is 1.95. The number of carbonyl (C=O) groups excluding carboxylic acids is 1. The summed E-state index contributed by atoms with van der Waals surface area (Å²) in [4.78, 5) is 12.8. The van der Waals surface area contributed by atoms with Gasteiger partial charge in [0.25, 0.3) is 5.91 Å². The number of hydrogen-bond donors (Lipinski definition) is 2. The van der Waals surface area contributed by atoms with E-state index in [9.17, 15) is 4.79 Å². The van der Waals surface area contributed by atoms with E-state index < -0.39 is 12.1 Å². The third kappa shape index (κ3) is 3.10. The lowest BCUT2D eigenvalue weighted by Gasteiger charge is -2.24. The zero-order chi connectivity index (χ0) is 17.3. The minimum absolute atomic E-state index is 0.106. The molecule has 0 spiro atoms. The van der Waals surface area contributed by atoms with Gasteiger partial charge in [0.15, 0.2) is 5.15 Å². The van der Waals surface area contributed by atoms with Crippen LogP contribution in [-0.2, 0) is 0 Å². The molecule has 3 N–H and O–H groups in total. The fourth-order valence-corrected chi connectivity index (χ4v) is 3.38. The van der Waals surface area contributed by atoms with Crippen LogP contribution in [0.3, 0.4) is 0 Å². The molecule has 0 bridgehead atoms. The maximum absolute atomic E-state index is 12.5. The van der Waals surface area contributed by atoms with E-state index in [1.54, 1.807) is 4.68 Å². The molecule has 7 nitrogen and oxygen atoms in total. The van der Waals surface area contributed by atoms with Crippen molar-refractivity contribution >= 4 is 51.7 Å². The number of rotatable bonds is 5. The molecule has 1 aromatic carbocycles. The fourth-order valence-electron chi connectivity index (χ4n) is 2.27. The van der Waals surface area contributed by atoms with Crippen LogP contribution in [-0.4, -0.2) is 31.3 Å². The minimum atomic E-state index is -0.577. The maximum Gasteiger partial charge on any atom is 0.266 e. The van der Waals surface area contributed by atoms with Crippen molar-refractivity contribution in [1.82, 2.24) is 24.7 Å². The molecular formula is C14H14Cl2N6OS. The van der Waals surface area contributed by atoms with Gasteiger partial charge in [-0.05, 0) is 30.1 Å². The van der Waals surface area contributed by atoms with Gasteiger partial charge >= 0.3 is 0 Å². The number of aromatic nitrogens is 4. The molecule has 3 rings (SSSR count). The first-order valence-electron chi connectivity index (χ1n) is 7.20. The first kappa shape index (κ1) is 17.1. The number of nitrogens with zero attached hydrogens (tertiary/aromatic N) is 4. The van der Waals surface area contributed by atoms with Crippen LogP contribution >= 0.6 is 34.7 Å². The van der Waals surface area contributed by atoms with E-state index in [1.807, 2.05) is 31.2 Å². The van der Waals surface area contributed by atoms with Crippen LogP contribution in [0.25, 0.3) is 11.0 Å². The SMILES string of the molecule is CCC(N)C(NC(=O)c1snc(Cl)c1Cl)n1nnc2ccccc21. The molecule has 2 heterocycles. The summed E-state index contributed by atoms with van der Waals surface area (Å²) in [7, 11) is 0.